The smallest absolute Gasteiger partial charge is 0.348 e. The van der Waals surface area contributed by atoms with Crippen molar-refractivity contribution in [2.24, 2.45) is 0 Å². The lowest BCUT2D eigenvalue weighted by molar-refractivity contribution is -0.137. The fraction of sp³-hybridized carbons (Fsp3) is 0.273. The van der Waals surface area contributed by atoms with E-state index in [1.807, 2.05) is 26.0 Å². The molecule has 0 amide bonds. The molecule has 0 spiro atoms. The first-order valence-electron chi connectivity index (χ1n) is 9.10. The molecule has 0 unspecified atom stereocenters. The van der Waals surface area contributed by atoms with Crippen LogP contribution in [-0.4, -0.2) is 21.0 Å². The van der Waals surface area contributed by atoms with Gasteiger partial charge in [-0.1, -0.05) is 18.2 Å². The molecule has 0 fully saturated rings. The summed E-state index contributed by atoms with van der Waals surface area (Å²) in [7, 11) is -3.77. The largest absolute Gasteiger partial charge is 0.462 e. The molecular weight excluding hydrogens is 388 g/mol. The van der Waals surface area contributed by atoms with Gasteiger partial charge in [0.25, 0.3) is 10.0 Å². The SMILES string of the molecule is CCOC(=O)/C(C#N)=C\c1ccc(NS(=O)(=O)c2c(C)c(C)cc(C)c2C)cc1. The summed E-state index contributed by atoms with van der Waals surface area (Å²) < 4.78 is 33.4. The Morgan fingerprint density at radius 1 is 1.10 bits per heavy atom. The zero-order valence-corrected chi connectivity index (χ0v) is 18.0. The summed E-state index contributed by atoms with van der Waals surface area (Å²) in [6.45, 7) is 9.20. The van der Waals surface area contributed by atoms with Gasteiger partial charge in [-0.15, -0.1) is 0 Å². The second-order valence-corrected chi connectivity index (χ2v) is 8.33. The summed E-state index contributed by atoms with van der Waals surface area (Å²) in [5.74, 6) is -0.694. The van der Waals surface area contributed by atoms with Crippen LogP contribution in [0.4, 0.5) is 5.69 Å². The predicted octanol–water partition coefficient (Wildman–Crippen LogP) is 4.19. The fourth-order valence-corrected chi connectivity index (χ4v) is 4.63. The number of nitriles is 1. The van der Waals surface area contributed by atoms with Crippen LogP contribution in [0, 0.1) is 39.0 Å². The molecule has 0 saturated heterocycles. The molecule has 7 heteroatoms. The lowest BCUT2D eigenvalue weighted by Crippen LogP contribution is -2.17. The Morgan fingerprint density at radius 2 is 1.66 bits per heavy atom. The van der Waals surface area contributed by atoms with Crippen molar-refractivity contribution in [2.45, 2.75) is 39.5 Å². The minimum Gasteiger partial charge on any atom is -0.462 e. The van der Waals surface area contributed by atoms with Crippen LogP contribution in [0.5, 0.6) is 0 Å². The maximum atomic E-state index is 13.0. The van der Waals surface area contributed by atoms with Crippen molar-refractivity contribution in [3.8, 4) is 6.07 Å². The number of aryl methyl sites for hydroxylation is 2. The summed E-state index contributed by atoms with van der Waals surface area (Å²) in [6.07, 6.45) is 1.40. The first kappa shape index (κ1) is 22.2. The van der Waals surface area contributed by atoms with Crippen molar-refractivity contribution in [2.75, 3.05) is 11.3 Å². The minimum atomic E-state index is -3.77. The summed E-state index contributed by atoms with van der Waals surface area (Å²) >= 11 is 0. The molecule has 0 aromatic heterocycles. The Kier molecular flexibility index (Phi) is 6.83. The Bertz CT molecular complexity index is 1080. The van der Waals surface area contributed by atoms with E-state index in [0.29, 0.717) is 22.4 Å². The number of anilines is 1. The van der Waals surface area contributed by atoms with Gasteiger partial charge in [0.2, 0.25) is 0 Å². The van der Waals surface area contributed by atoms with Crippen molar-refractivity contribution in [3.63, 3.8) is 0 Å². The second kappa shape index (κ2) is 8.93. The van der Waals surface area contributed by atoms with Gasteiger partial charge in [-0.25, -0.2) is 13.2 Å². The Morgan fingerprint density at radius 3 is 2.14 bits per heavy atom. The van der Waals surface area contributed by atoms with Gasteiger partial charge in [-0.2, -0.15) is 5.26 Å². The summed E-state index contributed by atoms with van der Waals surface area (Å²) in [5, 5.41) is 9.10. The number of carbonyl (C=O) groups is 1. The number of hydrogen-bond donors (Lipinski definition) is 1. The third-order valence-corrected chi connectivity index (χ3v) is 6.31. The van der Waals surface area contributed by atoms with Crippen molar-refractivity contribution in [3.05, 3.63) is 63.7 Å². The zero-order chi connectivity index (χ0) is 21.8. The van der Waals surface area contributed by atoms with E-state index in [1.165, 1.54) is 6.08 Å². The summed E-state index contributed by atoms with van der Waals surface area (Å²) in [6, 6.07) is 10.2. The number of sulfonamides is 1. The average molecular weight is 413 g/mol. The first-order chi connectivity index (χ1) is 13.6. The number of hydrogen-bond acceptors (Lipinski definition) is 5. The first-order valence-corrected chi connectivity index (χ1v) is 10.6. The maximum absolute atomic E-state index is 13.0. The zero-order valence-electron chi connectivity index (χ0n) is 17.2. The molecule has 0 heterocycles. The molecule has 6 nitrogen and oxygen atoms in total. The number of benzene rings is 2. The molecule has 2 rings (SSSR count). The molecule has 152 valence electrons. The van der Waals surface area contributed by atoms with E-state index in [-0.39, 0.29) is 17.1 Å². The molecule has 0 aliphatic rings. The molecular formula is C22H24N2O4S. The van der Waals surface area contributed by atoms with Crippen LogP contribution in [0.2, 0.25) is 0 Å². The lowest BCUT2D eigenvalue weighted by Gasteiger charge is -2.16. The van der Waals surface area contributed by atoms with E-state index in [1.54, 1.807) is 45.0 Å². The van der Waals surface area contributed by atoms with Crippen LogP contribution in [0.25, 0.3) is 6.08 Å². The topological polar surface area (TPSA) is 96.3 Å². The van der Waals surface area contributed by atoms with Gasteiger partial charge in [-0.3, -0.25) is 4.72 Å². The number of rotatable bonds is 6. The normalized spacial score (nSPS) is 11.7. The maximum Gasteiger partial charge on any atom is 0.348 e. The highest BCUT2D eigenvalue weighted by molar-refractivity contribution is 7.92. The van der Waals surface area contributed by atoms with Gasteiger partial charge in [-0.05, 0) is 80.6 Å². The van der Waals surface area contributed by atoms with Gasteiger partial charge >= 0.3 is 5.97 Å². The van der Waals surface area contributed by atoms with Crippen molar-refractivity contribution < 1.29 is 17.9 Å². The lowest BCUT2D eigenvalue weighted by atomic mass is 10.0. The molecule has 0 saturated carbocycles. The van der Waals surface area contributed by atoms with Crippen LogP contribution in [-0.2, 0) is 19.6 Å². The molecule has 0 aliphatic heterocycles. The van der Waals surface area contributed by atoms with Gasteiger partial charge < -0.3 is 4.74 Å². The molecule has 0 radical (unpaired) electrons. The number of esters is 1. The summed E-state index contributed by atoms with van der Waals surface area (Å²) in [4.78, 5) is 12.0. The van der Waals surface area contributed by atoms with E-state index in [9.17, 15) is 13.2 Å². The van der Waals surface area contributed by atoms with Crippen LogP contribution >= 0.6 is 0 Å². The minimum absolute atomic E-state index is 0.123. The number of nitrogens with zero attached hydrogens (tertiary/aromatic N) is 1. The van der Waals surface area contributed by atoms with Crippen molar-refractivity contribution >= 4 is 27.8 Å². The highest BCUT2D eigenvalue weighted by Crippen LogP contribution is 2.28. The van der Waals surface area contributed by atoms with Crippen molar-refractivity contribution in [1.29, 1.82) is 5.26 Å². The third-order valence-electron chi connectivity index (χ3n) is 4.66. The Labute approximate surface area is 171 Å². The van der Waals surface area contributed by atoms with Crippen LogP contribution in [0.15, 0.2) is 40.8 Å². The average Bonchev–Trinajstić information content (AvgIpc) is 2.65. The molecule has 2 aromatic carbocycles. The number of ether oxygens (including phenoxy) is 1. The molecule has 0 bridgehead atoms. The quantitative estimate of drug-likeness (QED) is 0.436. The third kappa shape index (κ3) is 5.04. The van der Waals surface area contributed by atoms with Gasteiger partial charge in [0, 0.05) is 5.69 Å². The van der Waals surface area contributed by atoms with E-state index < -0.39 is 16.0 Å². The Balaban J connectivity index is 2.33. The highest BCUT2D eigenvalue weighted by atomic mass is 32.2. The highest BCUT2D eigenvalue weighted by Gasteiger charge is 2.22. The van der Waals surface area contributed by atoms with E-state index in [2.05, 4.69) is 4.72 Å². The Hall–Kier alpha value is -3.11. The van der Waals surface area contributed by atoms with Gasteiger partial charge in [0.05, 0.1) is 11.5 Å². The second-order valence-electron chi connectivity index (χ2n) is 6.71. The standard InChI is InChI=1S/C22H24N2O4S/c1-6-28-22(25)19(13-23)12-18-7-9-20(10-8-18)24-29(26,27)21-16(4)14(2)11-15(3)17(21)5/h7-12,24H,6H2,1-5H3/b19-12-. The molecule has 29 heavy (non-hydrogen) atoms. The van der Waals surface area contributed by atoms with Crippen molar-refractivity contribution in [1.82, 2.24) is 0 Å². The monoisotopic (exact) mass is 412 g/mol. The van der Waals surface area contributed by atoms with Crippen LogP contribution < -0.4 is 4.72 Å². The molecule has 0 aliphatic carbocycles. The number of carbonyl (C=O) groups excluding carboxylic acids is 1. The molecule has 1 N–H and O–H groups in total. The van der Waals surface area contributed by atoms with E-state index in [4.69, 9.17) is 10.00 Å². The van der Waals surface area contributed by atoms with Crippen LogP contribution in [0.1, 0.15) is 34.7 Å². The summed E-state index contributed by atoms with van der Waals surface area (Å²) in [5.41, 5.74) is 4.10. The predicted molar refractivity (Wildman–Crippen MR) is 113 cm³/mol. The van der Waals surface area contributed by atoms with Crippen LogP contribution in [0.3, 0.4) is 0 Å². The fourth-order valence-electron chi connectivity index (χ4n) is 2.95. The van der Waals surface area contributed by atoms with Gasteiger partial charge in [0.15, 0.2) is 0 Å². The molecule has 0 atom stereocenters. The number of nitrogens with one attached hydrogen (secondary N) is 1. The van der Waals surface area contributed by atoms with Gasteiger partial charge in [0.1, 0.15) is 11.6 Å². The molecule has 2 aromatic rings. The van der Waals surface area contributed by atoms with E-state index in [0.717, 1.165) is 11.1 Å². The van der Waals surface area contributed by atoms with E-state index >= 15 is 0 Å².